The number of aryl methyl sites for hydroxylation is 2. The number of rotatable bonds is 3. The van der Waals surface area contributed by atoms with Crippen LogP contribution in [0.4, 0.5) is 5.69 Å². The molecule has 0 unspecified atom stereocenters. The minimum Gasteiger partial charge on any atom is -0.367 e. The second kappa shape index (κ2) is 7.35. The Bertz CT molecular complexity index is 918. The van der Waals surface area contributed by atoms with Crippen LogP contribution < -0.4 is 10.5 Å². The third-order valence-electron chi connectivity index (χ3n) is 5.49. The molecular weight excluding hydrogens is 364 g/mol. The van der Waals surface area contributed by atoms with E-state index >= 15 is 0 Å². The summed E-state index contributed by atoms with van der Waals surface area (Å²) < 4.78 is 1.35. The molecular formula is C20H23ClN4O2. The fraction of sp³-hybridized carbons (Fsp3) is 0.450. The third-order valence-corrected chi connectivity index (χ3v) is 5.81. The number of hydrogen-bond acceptors (Lipinski definition) is 4. The van der Waals surface area contributed by atoms with E-state index in [9.17, 15) is 9.59 Å². The van der Waals surface area contributed by atoms with Crippen LogP contribution in [0.1, 0.15) is 30.6 Å². The molecule has 4 rings (SSSR count). The van der Waals surface area contributed by atoms with Gasteiger partial charge in [0.1, 0.15) is 6.04 Å². The van der Waals surface area contributed by atoms with Gasteiger partial charge in [-0.1, -0.05) is 23.7 Å². The molecule has 2 aliphatic rings. The number of halogens is 1. The number of piperazine rings is 1. The van der Waals surface area contributed by atoms with Crippen LogP contribution in [0, 0.1) is 0 Å². The maximum Gasteiger partial charge on any atom is 0.267 e. The molecule has 0 radical (unpaired) electrons. The first-order valence-corrected chi connectivity index (χ1v) is 9.82. The van der Waals surface area contributed by atoms with Gasteiger partial charge in [0.25, 0.3) is 5.56 Å². The highest BCUT2D eigenvalue weighted by atomic mass is 35.5. The van der Waals surface area contributed by atoms with E-state index < -0.39 is 6.04 Å². The van der Waals surface area contributed by atoms with E-state index in [2.05, 4.69) is 10.00 Å². The average molecular weight is 387 g/mol. The van der Waals surface area contributed by atoms with Crippen molar-refractivity contribution in [3.63, 3.8) is 0 Å². The average Bonchev–Trinajstić information content (AvgIpc) is 3.14. The van der Waals surface area contributed by atoms with Crippen LogP contribution in [-0.4, -0.2) is 46.8 Å². The Kier molecular flexibility index (Phi) is 4.91. The fourth-order valence-corrected chi connectivity index (χ4v) is 4.19. The summed E-state index contributed by atoms with van der Waals surface area (Å²) in [7, 11) is 0. The number of carbonyl (C=O) groups is 1. The summed E-state index contributed by atoms with van der Waals surface area (Å²) in [5, 5.41) is 5.19. The molecule has 0 N–H and O–H groups in total. The second-order valence-corrected chi connectivity index (χ2v) is 7.60. The van der Waals surface area contributed by atoms with Gasteiger partial charge in [0.2, 0.25) is 5.91 Å². The van der Waals surface area contributed by atoms with E-state index in [0.717, 1.165) is 41.2 Å². The van der Waals surface area contributed by atoms with Crippen LogP contribution in [0.2, 0.25) is 5.02 Å². The zero-order valence-electron chi connectivity index (χ0n) is 15.4. The molecule has 1 fully saturated rings. The lowest BCUT2D eigenvalue weighted by atomic mass is 10.2. The van der Waals surface area contributed by atoms with Gasteiger partial charge in [0.05, 0.1) is 16.4 Å². The number of fused-ring (bicyclic) bond motifs is 1. The molecule has 7 heteroatoms. The second-order valence-electron chi connectivity index (χ2n) is 7.19. The Labute approximate surface area is 163 Å². The minimum absolute atomic E-state index is 0.0543. The fourth-order valence-electron chi connectivity index (χ4n) is 3.94. The summed E-state index contributed by atoms with van der Waals surface area (Å²) in [6, 6.07) is 8.81. The van der Waals surface area contributed by atoms with Gasteiger partial charge < -0.3 is 9.80 Å². The van der Waals surface area contributed by atoms with E-state index in [1.54, 1.807) is 13.0 Å². The van der Waals surface area contributed by atoms with Crippen LogP contribution in [0.25, 0.3) is 0 Å². The lowest BCUT2D eigenvalue weighted by Gasteiger charge is -2.37. The van der Waals surface area contributed by atoms with Gasteiger partial charge in [-0.15, -0.1) is 0 Å². The zero-order chi connectivity index (χ0) is 19.0. The number of nitrogens with zero attached hydrogens (tertiary/aromatic N) is 4. The predicted octanol–water partition coefficient (Wildman–Crippen LogP) is 2.30. The molecule has 2 heterocycles. The van der Waals surface area contributed by atoms with Gasteiger partial charge in [0.15, 0.2) is 0 Å². The number of carbonyl (C=O) groups excluding carboxylic acids is 1. The van der Waals surface area contributed by atoms with E-state index in [0.29, 0.717) is 26.2 Å². The monoisotopic (exact) mass is 386 g/mol. The highest BCUT2D eigenvalue weighted by Crippen LogP contribution is 2.26. The van der Waals surface area contributed by atoms with Crippen molar-refractivity contribution in [2.75, 3.05) is 31.1 Å². The van der Waals surface area contributed by atoms with Gasteiger partial charge in [-0.05, 0) is 43.9 Å². The first kappa shape index (κ1) is 18.0. The summed E-state index contributed by atoms with van der Waals surface area (Å²) in [5.41, 5.74) is 2.80. The number of amides is 1. The lowest BCUT2D eigenvalue weighted by molar-refractivity contribution is -0.135. The minimum atomic E-state index is -0.588. The number of para-hydroxylation sites is 1. The summed E-state index contributed by atoms with van der Waals surface area (Å²) in [6.45, 7) is 4.41. The van der Waals surface area contributed by atoms with Crippen molar-refractivity contribution in [3.05, 3.63) is 57.0 Å². The standard InChI is InChI=1S/C20H23ClN4O2/c1-14(25-19(26)13-15-5-4-7-17(15)22-25)20(27)24-11-9-23(10-12-24)18-8-3-2-6-16(18)21/h2-3,6,8,13-14H,4-5,7,9-12H2,1H3/t14-/m1/s1. The first-order chi connectivity index (χ1) is 13.0. The molecule has 27 heavy (non-hydrogen) atoms. The summed E-state index contributed by atoms with van der Waals surface area (Å²) >= 11 is 6.28. The number of anilines is 1. The topological polar surface area (TPSA) is 58.4 Å². The van der Waals surface area contributed by atoms with Crippen LogP contribution in [0.3, 0.4) is 0 Å². The van der Waals surface area contributed by atoms with Gasteiger partial charge >= 0.3 is 0 Å². The number of benzene rings is 1. The quantitative estimate of drug-likeness (QED) is 0.812. The van der Waals surface area contributed by atoms with Crippen molar-refractivity contribution >= 4 is 23.2 Å². The molecule has 1 aliphatic heterocycles. The van der Waals surface area contributed by atoms with E-state index in [-0.39, 0.29) is 11.5 Å². The molecule has 1 aliphatic carbocycles. The Morgan fingerprint density at radius 3 is 2.63 bits per heavy atom. The summed E-state index contributed by atoms with van der Waals surface area (Å²) in [6.07, 6.45) is 2.82. The number of aromatic nitrogens is 2. The van der Waals surface area contributed by atoms with Gasteiger partial charge in [0, 0.05) is 32.2 Å². The molecule has 6 nitrogen and oxygen atoms in total. The molecule has 1 saturated heterocycles. The first-order valence-electron chi connectivity index (χ1n) is 9.44. The highest BCUT2D eigenvalue weighted by Gasteiger charge is 2.28. The molecule has 0 spiro atoms. The molecule has 1 aromatic heterocycles. The van der Waals surface area contributed by atoms with Crippen molar-refractivity contribution < 1.29 is 4.79 Å². The smallest absolute Gasteiger partial charge is 0.267 e. The Morgan fingerprint density at radius 2 is 1.89 bits per heavy atom. The third kappa shape index (κ3) is 3.46. The van der Waals surface area contributed by atoms with Crippen LogP contribution in [0.5, 0.6) is 0 Å². The van der Waals surface area contributed by atoms with Crippen molar-refractivity contribution in [1.29, 1.82) is 0 Å². The van der Waals surface area contributed by atoms with Crippen molar-refractivity contribution in [3.8, 4) is 0 Å². The SMILES string of the molecule is C[C@H](C(=O)N1CCN(c2ccccc2Cl)CC1)n1nc2c(cc1=O)CCC2. The van der Waals surface area contributed by atoms with Gasteiger partial charge in [-0.25, -0.2) is 4.68 Å². The van der Waals surface area contributed by atoms with Crippen LogP contribution in [-0.2, 0) is 17.6 Å². The maximum atomic E-state index is 12.9. The van der Waals surface area contributed by atoms with E-state index in [1.165, 1.54) is 4.68 Å². The predicted molar refractivity (Wildman–Crippen MR) is 105 cm³/mol. The van der Waals surface area contributed by atoms with Crippen molar-refractivity contribution in [2.24, 2.45) is 0 Å². The highest BCUT2D eigenvalue weighted by molar-refractivity contribution is 6.33. The molecule has 0 bridgehead atoms. The van der Waals surface area contributed by atoms with Crippen LogP contribution >= 0.6 is 11.6 Å². The van der Waals surface area contributed by atoms with Crippen molar-refractivity contribution in [2.45, 2.75) is 32.2 Å². The normalized spacial score (nSPS) is 17.7. The molecule has 0 saturated carbocycles. The van der Waals surface area contributed by atoms with Gasteiger partial charge in [-0.3, -0.25) is 9.59 Å². The lowest BCUT2D eigenvalue weighted by Crippen LogP contribution is -2.51. The van der Waals surface area contributed by atoms with Crippen LogP contribution in [0.15, 0.2) is 35.1 Å². The van der Waals surface area contributed by atoms with E-state index in [1.807, 2.05) is 29.2 Å². The Hall–Kier alpha value is -2.34. The maximum absolute atomic E-state index is 12.9. The molecule has 1 aromatic carbocycles. The Morgan fingerprint density at radius 1 is 1.15 bits per heavy atom. The summed E-state index contributed by atoms with van der Waals surface area (Å²) in [4.78, 5) is 29.3. The zero-order valence-corrected chi connectivity index (χ0v) is 16.2. The molecule has 1 atom stereocenters. The van der Waals surface area contributed by atoms with Gasteiger partial charge in [-0.2, -0.15) is 5.10 Å². The number of hydrogen-bond donors (Lipinski definition) is 0. The van der Waals surface area contributed by atoms with E-state index in [4.69, 9.17) is 11.6 Å². The molecule has 1 amide bonds. The molecule has 142 valence electrons. The largest absolute Gasteiger partial charge is 0.367 e. The molecule has 2 aromatic rings. The summed E-state index contributed by atoms with van der Waals surface area (Å²) in [5.74, 6) is -0.0543. The Balaban J connectivity index is 1.45. The van der Waals surface area contributed by atoms with Crippen molar-refractivity contribution in [1.82, 2.24) is 14.7 Å².